The normalized spacial score (nSPS) is 11.3. The fraction of sp³-hybridized carbons (Fsp3) is 0.0833. The number of rotatable bonds is 6. The van der Waals surface area contributed by atoms with Gasteiger partial charge in [0.25, 0.3) is 5.91 Å². The highest BCUT2D eigenvalue weighted by Crippen LogP contribution is 2.31. The van der Waals surface area contributed by atoms with Gasteiger partial charge in [-0.1, -0.05) is 60.3 Å². The number of thioether (sulfide) groups is 1. The molecule has 4 rings (SSSR count). The van der Waals surface area contributed by atoms with Gasteiger partial charge in [0.15, 0.2) is 4.34 Å². The van der Waals surface area contributed by atoms with Crippen LogP contribution in [-0.4, -0.2) is 10.9 Å². The van der Waals surface area contributed by atoms with Gasteiger partial charge < -0.3 is 5.32 Å². The number of aromatic nitrogens is 1. The molecule has 0 aliphatic rings. The lowest BCUT2D eigenvalue weighted by Crippen LogP contribution is -2.13. The third-order valence-corrected chi connectivity index (χ3v) is 6.67. The van der Waals surface area contributed by atoms with Crippen molar-refractivity contribution in [3.8, 4) is 11.3 Å². The third-order valence-electron chi connectivity index (χ3n) is 4.58. The van der Waals surface area contributed by atoms with Crippen LogP contribution in [0, 0.1) is 0 Å². The number of carbonyl (C=O) groups excluding carboxylic acids is 1. The first-order valence-corrected chi connectivity index (χ1v) is 11.5. The number of halogens is 3. The monoisotopic (exact) mass is 470 g/mol. The smallest absolute Gasteiger partial charge is 0.322 e. The quantitative estimate of drug-likeness (QED) is 0.299. The SMILES string of the molecule is O=C(Nc1cccc(C(F)(F)F)c1)c1ccc(CSc2nc(-c3ccccc3)cs2)cc1. The number of anilines is 1. The number of thiazole rings is 1. The number of hydrogen-bond donors (Lipinski definition) is 1. The molecule has 1 aromatic heterocycles. The summed E-state index contributed by atoms with van der Waals surface area (Å²) in [7, 11) is 0. The predicted octanol–water partition coefficient (Wildman–Crippen LogP) is 7.37. The first-order chi connectivity index (χ1) is 15.4. The summed E-state index contributed by atoms with van der Waals surface area (Å²) in [6, 6.07) is 21.5. The maximum Gasteiger partial charge on any atom is 0.416 e. The number of carbonyl (C=O) groups is 1. The van der Waals surface area contributed by atoms with Crippen LogP contribution in [-0.2, 0) is 11.9 Å². The Kier molecular flexibility index (Phi) is 6.62. The van der Waals surface area contributed by atoms with Crippen LogP contribution in [0.5, 0.6) is 0 Å². The zero-order valence-electron chi connectivity index (χ0n) is 16.6. The minimum absolute atomic E-state index is 0.0995. The summed E-state index contributed by atoms with van der Waals surface area (Å²) in [6.07, 6.45) is -4.46. The average Bonchev–Trinajstić information content (AvgIpc) is 3.27. The molecule has 0 spiro atoms. The summed E-state index contributed by atoms with van der Waals surface area (Å²) in [5.41, 5.74) is 2.70. The summed E-state index contributed by atoms with van der Waals surface area (Å²) in [6.45, 7) is 0. The number of nitrogens with one attached hydrogen (secondary N) is 1. The van der Waals surface area contributed by atoms with Gasteiger partial charge in [-0.15, -0.1) is 11.3 Å². The van der Waals surface area contributed by atoms with Gasteiger partial charge in [0.2, 0.25) is 0 Å². The van der Waals surface area contributed by atoms with E-state index < -0.39 is 17.6 Å². The number of alkyl halides is 3. The molecule has 3 aromatic carbocycles. The minimum atomic E-state index is -4.46. The lowest BCUT2D eigenvalue weighted by molar-refractivity contribution is -0.137. The number of benzene rings is 3. The molecule has 1 heterocycles. The molecule has 0 aliphatic carbocycles. The zero-order chi connectivity index (χ0) is 22.6. The van der Waals surface area contributed by atoms with E-state index in [9.17, 15) is 18.0 Å². The van der Waals surface area contributed by atoms with Crippen molar-refractivity contribution in [2.24, 2.45) is 0 Å². The summed E-state index contributed by atoms with van der Waals surface area (Å²) < 4.78 is 39.5. The highest BCUT2D eigenvalue weighted by Gasteiger charge is 2.30. The van der Waals surface area contributed by atoms with E-state index >= 15 is 0 Å². The lowest BCUT2D eigenvalue weighted by Gasteiger charge is -2.10. The Morgan fingerprint density at radius 2 is 1.72 bits per heavy atom. The Balaban J connectivity index is 1.35. The Bertz CT molecular complexity index is 1210. The average molecular weight is 471 g/mol. The molecule has 1 N–H and O–H groups in total. The van der Waals surface area contributed by atoms with Crippen molar-refractivity contribution in [1.82, 2.24) is 4.98 Å². The van der Waals surface area contributed by atoms with Gasteiger partial charge in [-0.25, -0.2) is 4.98 Å². The maximum atomic E-state index is 12.8. The molecular weight excluding hydrogens is 453 g/mol. The topological polar surface area (TPSA) is 42.0 Å². The molecule has 1 amide bonds. The minimum Gasteiger partial charge on any atom is -0.322 e. The molecule has 0 saturated heterocycles. The van der Waals surface area contributed by atoms with Gasteiger partial charge >= 0.3 is 6.18 Å². The van der Waals surface area contributed by atoms with E-state index in [1.165, 1.54) is 12.1 Å². The van der Waals surface area contributed by atoms with Gasteiger partial charge in [-0.2, -0.15) is 13.2 Å². The van der Waals surface area contributed by atoms with Crippen molar-refractivity contribution < 1.29 is 18.0 Å². The first-order valence-electron chi connectivity index (χ1n) is 9.60. The molecule has 0 aliphatic heterocycles. The number of amides is 1. The Morgan fingerprint density at radius 3 is 2.44 bits per heavy atom. The van der Waals surface area contributed by atoms with Crippen LogP contribution >= 0.6 is 23.1 Å². The van der Waals surface area contributed by atoms with Gasteiger partial charge in [0, 0.05) is 27.9 Å². The van der Waals surface area contributed by atoms with Gasteiger partial charge in [-0.05, 0) is 35.9 Å². The fourth-order valence-electron chi connectivity index (χ4n) is 2.94. The molecule has 0 saturated carbocycles. The largest absolute Gasteiger partial charge is 0.416 e. The van der Waals surface area contributed by atoms with Crippen LogP contribution in [0.3, 0.4) is 0 Å². The molecule has 8 heteroatoms. The second kappa shape index (κ2) is 9.58. The molecule has 0 unspecified atom stereocenters. The van der Waals surface area contributed by atoms with Crippen LogP contribution in [0.1, 0.15) is 21.5 Å². The molecule has 0 bridgehead atoms. The van der Waals surface area contributed by atoms with Crippen LogP contribution in [0.15, 0.2) is 88.6 Å². The molecule has 0 fully saturated rings. The summed E-state index contributed by atoms with van der Waals surface area (Å²) >= 11 is 3.19. The van der Waals surface area contributed by atoms with E-state index in [0.29, 0.717) is 11.3 Å². The Hall–Kier alpha value is -3.10. The predicted molar refractivity (Wildman–Crippen MR) is 123 cm³/mol. The summed E-state index contributed by atoms with van der Waals surface area (Å²) in [5.74, 6) is 0.230. The van der Waals surface area contributed by atoms with Crippen LogP contribution in [0.4, 0.5) is 18.9 Å². The van der Waals surface area contributed by atoms with Crippen molar-refractivity contribution in [2.75, 3.05) is 5.32 Å². The molecule has 162 valence electrons. The Labute approximate surface area is 191 Å². The second-order valence-corrected chi connectivity index (χ2v) is 8.96. The molecule has 3 nitrogen and oxygen atoms in total. The van der Waals surface area contributed by atoms with Crippen molar-refractivity contribution in [1.29, 1.82) is 0 Å². The van der Waals surface area contributed by atoms with Crippen molar-refractivity contribution in [3.05, 3.63) is 101 Å². The Morgan fingerprint density at radius 1 is 0.969 bits per heavy atom. The highest BCUT2D eigenvalue weighted by molar-refractivity contribution is 8.00. The van der Waals surface area contributed by atoms with E-state index in [1.54, 1.807) is 35.2 Å². The molecule has 0 radical (unpaired) electrons. The molecular formula is C24H17F3N2OS2. The number of hydrogen-bond acceptors (Lipinski definition) is 4. The molecule has 4 aromatic rings. The van der Waals surface area contributed by atoms with Gasteiger partial charge in [-0.3, -0.25) is 4.79 Å². The van der Waals surface area contributed by atoms with Crippen molar-refractivity contribution in [2.45, 2.75) is 16.3 Å². The maximum absolute atomic E-state index is 12.8. The van der Waals surface area contributed by atoms with E-state index in [2.05, 4.69) is 10.3 Å². The zero-order valence-corrected chi connectivity index (χ0v) is 18.2. The lowest BCUT2D eigenvalue weighted by atomic mass is 10.1. The highest BCUT2D eigenvalue weighted by atomic mass is 32.2. The van der Waals surface area contributed by atoms with Crippen LogP contribution in [0.2, 0.25) is 0 Å². The standard InChI is InChI=1S/C24H17F3N2OS2/c25-24(26,27)19-7-4-8-20(13-19)28-22(30)18-11-9-16(10-12-18)14-31-23-29-21(15-32-23)17-5-2-1-3-6-17/h1-13,15H,14H2,(H,28,30). The van der Waals surface area contributed by atoms with Crippen LogP contribution < -0.4 is 5.32 Å². The van der Waals surface area contributed by atoms with E-state index in [-0.39, 0.29) is 5.69 Å². The van der Waals surface area contributed by atoms with Gasteiger partial charge in [0.1, 0.15) is 0 Å². The second-order valence-electron chi connectivity index (χ2n) is 6.88. The van der Waals surface area contributed by atoms with Crippen molar-refractivity contribution >= 4 is 34.7 Å². The van der Waals surface area contributed by atoms with Crippen molar-refractivity contribution in [3.63, 3.8) is 0 Å². The number of nitrogens with zero attached hydrogens (tertiary/aromatic N) is 1. The van der Waals surface area contributed by atoms with E-state index in [1.807, 2.05) is 47.8 Å². The fourth-order valence-corrected chi connectivity index (χ4v) is 4.73. The summed E-state index contributed by atoms with van der Waals surface area (Å²) in [5, 5.41) is 4.54. The van der Waals surface area contributed by atoms with E-state index in [4.69, 9.17) is 0 Å². The third kappa shape index (κ3) is 5.57. The van der Waals surface area contributed by atoms with E-state index in [0.717, 1.165) is 33.3 Å². The summed E-state index contributed by atoms with van der Waals surface area (Å²) in [4.78, 5) is 17.0. The van der Waals surface area contributed by atoms with Crippen LogP contribution in [0.25, 0.3) is 11.3 Å². The molecule has 0 atom stereocenters. The first kappa shape index (κ1) is 22.1. The van der Waals surface area contributed by atoms with Gasteiger partial charge in [0.05, 0.1) is 11.3 Å². The molecule has 32 heavy (non-hydrogen) atoms.